The fraction of sp³-hybridized carbons (Fsp3) is 0.158. The highest BCUT2D eigenvalue weighted by atomic mass is 16.2. The Morgan fingerprint density at radius 3 is 2.38 bits per heavy atom. The molecule has 0 unspecified atom stereocenters. The zero-order valence-corrected chi connectivity index (χ0v) is 13.1. The van der Waals surface area contributed by atoms with Gasteiger partial charge in [-0.25, -0.2) is 0 Å². The van der Waals surface area contributed by atoms with Crippen LogP contribution in [0.2, 0.25) is 0 Å². The molecule has 2 N–H and O–H groups in total. The van der Waals surface area contributed by atoms with E-state index in [1.807, 2.05) is 54.6 Å². The van der Waals surface area contributed by atoms with Crippen LogP contribution in [0.15, 0.2) is 59.4 Å². The molecular weight excluding hydrogens is 302 g/mol. The number of rotatable bonds is 2. The number of benzene rings is 2. The Morgan fingerprint density at radius 1 is 0.917 bits per heavy atom. The number of aromatic amines is 2. The Labute approximate surface area is 138 Å². The van der Waals surface area contributed by atoms with Crippen molar-refractivity contribution in [2.75, 3.05) is 6.54 Å². The van der Waals surface area contributed by atoms with Crippen molar-refractivity contribution in [2.24, 2.45) is 0 Å². The fourth-order valence-electron chi connectivity index (χ4n) is 3.13. The Bertz CT molecular complexity index is 923. The summed E-state index contributed by atoms with van der Waals surface area (Å²) in [4.78, 5) is 26.0. The number of hydrogen-bond acceptors (Lipinski definition) is 2. The number of fused-ring (bicyclic) bond motifs is 1. The second kappa shape index (κ2) is 5.85. The number of hydrogen-bond donors (Lipinski definition) is 2. The van der Waals surface area contributed by atoms with Crippen LogP contribution in [0.4, 0.5) is 0 Å². The van der Waals surface area contributed by atoms with E-state index in [2.05, 4.69) is 10.2 Å². The molecule has 1 amide bonds. The first kappa shape index (κ1) is 14.5. The minimum atomic E-state index is -0.0793. The van der Waals surface area contributed by atoms with Gasteiger partial charge in [0.1, 0.15) is 0 Å². The van der Waals surface area contributed by atoms with Crippen LogP contribution in [0.5, 0.6) is 0 Å². The molecule has 2 heterocycles. The summed E-state index contributed by atoms with van der Waals surface area (Å²) in [7, 11) is 0. The van der Waals surface area contributed by atoms with Gasteiger partial charge in [0, 0.05) is 17.7 Å². The first-order valence-corrected chi connectivity index (χ1v) is 7.95. The maximum atomic E-state index is 12.7. The quantitative estimate of drug-likeness (QED) is 0.762. The molecule has 120 valence electrons. The Morgan fingerprint density at radius 2 is 1.62 bits per heavy atom. The van der Waals surface area contributed by atoms with Gasteiger partial charge in [-0.1, -0.05) is 42.5 Å². The molecular formula is C19H17N3O2. The van der Waals surface area contributed by atoms with Crippen LogP contribution < -0.4 is 5.56 Å². The molecule has 0 radical (unpaired) electrons. The van der Waals surface area contributed by atoms with Crippen molar-refractivity contribution in [1.29, 1.82) is 0 Å². The molecule has 5 heteroatoms. The lowest BCUT2D eigenvalue weighted by Gasteiger charge is -2.26. The van der Waals surface area contributed by atoms with Crippen LogP contribution in [0.25, 0.3) is 11.1 Å². The molecule has 1 aromatic heterocycles. The van der Waals surface area contributed by atoms with Crippen molar-refractivity contribution in [3.63, 3.8) is 0 Å². The van der Waals surface area contributed by atoms with Gasteiger partial charge in [0.25, 0.3) is 11.5 Å². The lowest BCUT2D eigenvalue weighted by Crippen LogP contribution is -2.36. The van der Waals surface area contributed by atoms with Gasteiger partial charge in [0.15, 0.2) is 0 Å². The van der Waals surface area contributed by atoms with Crippen LogP contribution in [-0.2, 0) is 13.0 Å². The van der Waals surface area contributed by atoms with Gasteiger partial charge in [-0.3, -0.25) is 14.7 Å². The highest BCUT2D eigenvalue weighted by Crippen LogP contribution is 2.21. The van der Waals surface area contributed by atoms with E-state index in [0.29, 0.717) is 25.1 Å². The number of nitrogens with one attached hydrogen (secondary N) is 2. The van der Waals surface area contributed by atoms with Crippen molar-refractivity contribution in [3.8, 4) is 11.1 Å². The molecule has 0 atom stereocenters. The molecule has 0 saturated heterocycles. The first-order chi connectivity index (χ1) is 11.7. The second-order valence-electron chi connectivity index (χ2n) is 5.96. The maximum Gasteiger partial charge on any atom is 0.267 e. The van der Waals surface area contributed by atoms with Crippen LogP contribution in [0, 0.1) is 0 Å². The molecule has 0 saturated carbocycles. The summed E-state index contributed by atoms with van der Waals surface area (Å²) in [5.41, 5.74) is 4.37. The van der Waals surface area contributed by atoms with Gasteiger partial charge < -0.3 is 10.00 Å². The number of carbonyl (C=O) groups excluding carboxylic acids is 1. The third kappa shape index (κ3) is 2.54. The lowest BCUT2D eigenvalue weighted by atomic mass is 10.0. The molecule has 4 rings (SSSR count). The predicted molar refractivity (Wildman–Crippen MR) is 91.7 cm³/mol. The second-order valence-corrected chi connectivity index (χ2v) is 5.96. The summed E-state index contributed by atoms with van der Waals surface area (Å²) in [5, 5.41) is 5.45. The SMILES string of the molecule is O=C(c1ccc(-c2ccccc2)cc1)N1CCc2c([nH][nH]c2=O)C1. The summed E-state index contributed by atoms with van der Waals surface area (Å²) >= 11 is 0. The van der Waals surface area contributed by atoms with E-state index in [-0.39, 0.29) is 11.5 Å². The smallest absolute Gasteiger partial charge is 0.267 e. The summed E-state index contributed by atoms with van der Waals surface area (Å²) in [6.45, 7) is 1.00. The summed E-state index contributed by atoms with van der Waals surface area (Å²) in [5.74, 6) is -0.0117. The Balaban J connectivity index is 1.54. The van der Waals surface area contributed by atoms with Gasteiger partial charge in [-0.15, -0.1) is 0 Å². The van der Waals surface area contributed by atoms with E-state index in [0.717, 1.165) is 22.4 Å². The molecule has 2 aromatic carbocycles. The van der Waals surface area contributed by atoms with E-state index in [1.165, 1.54) is 0 Å². The van der Waals surface area contributed by atoms with Crippen molar-refractivity contribution < 1.29 is 4.79 Å². The van der Waals surface area contributed by atoms with Crippen molar-refractivity contribution >= 4 is 5.91 Å². The molecule has 1 aliphatic heterocycles. The molecule has 0 aliphatic carbocycles. The standard InChI is InChI=1S/C19H17N3O2/c23-18-16-10-11-22(12-17(16)20-21-18)19(24)15-8-6-14(7-9-15)13-4-2-1-3-5-13/h1-9H,10-12H2,(H2,20,21,23). The van der Waals surface area contributed by atoms with E-state index >= 15 is 0 Å². The summed E-state index contributed by atoms with van der Waals surface area (Å²) < 4.78 is 0. The number of amides is 1. The molecule has 0 spiro atoms. The van der Waals surface area contributed by atoms with Gasteiger partial charge in [0.05, 0.1) is 12.2 Å². The monoisotopic (exact) mass is 319 g/mol. The maximum absolute atomic E-state index is 12.7. The van der Waals surface area contributed by atoms with Crippen molar-refractivity contribution in [2.45, 2.75) is 13.0 Å². The number of nitrogens with zero attached hydrogens (tertiary/aromatic N) is 1. The molecule has 5 nitrogen and oxygen atoms in total. The number of H-pyrrole nitrogens is 2. The van der Waals surface area contributed by atoms with E-state index in [1.54, 1.807) is 4.90 Å². The fourth-order valence-corrected chi connectivity index (χ4v) is 3.13. The molecule has 0 fully saturated rings. The van der Waals surface area contributed by atoms with E-state index < -0.39 is 0 Å². The number of carbonyl (C=O) groups is 1. The summed E-state index contributed by atoms with van der Waals surface area (Å²) in [6.07, 6.45) is 0.585. The van der Waals surface area contributed by atoms with Gasteiger partial charge in [-0.05, 0) is 29.7 Å². The molecule has 24 heavy (non-hydrogen) atoms. The third-order valence-corrected chi connectivity index (χ3v) is 4.47. The Hall–Kier alpha value is -3.08. The van der Waals surface area contributed by atoms with Crippen molar-refractivity contribution in [3.05, 3.63) is 81.8 Å². The third-order valence-electron chi connectivity index (χ3n) is 4.47. The zero-order chi connectivity index (χ0) is 16.5. The minimum absolute atomic E-state index is 0.0117. The van der Waals surface area contributed by atoms with Gasteiger partial charge in [0.2, 0.25) is 0 Å². The minimum Gasteiger partial charge on any atom is -0.332 e. The van der Waals surface area contributed by atoms with Gasteiger partial charge >= 0.3 is 0 Å². The first-order valence-electron chi connectivity index (χ1n) is 7.95. The average molecular weight is 319 g/mol. The largest absolute Gasteiger partial charge is 0.332 e. The average Bonchev–Trinajstić information content (AvgIpc) is 3.02. The predicted octanol–water partition coefficient (Wildman–Crippen LogP) is 2.57. The molecule has 3 aromatic rings. The Kier molecular flexibility index (Phi) is 3.54. The van der Waals surface area contributed by atoms with E-state index in [9.17, 15) is 9.59 Å². The number of aromatic nitrogens is 2. The molecule has 0 bridgehead atoms. The summed E-state index contributed by atoms with van der Waals surface area (Å²) in [6, 6.07) is 17.7. The molecule has 1 aliphatic rings. The normalized spacial score (nSPS) is 13.6. The zero-order valence-electron chi connectivity index (χ0n) is 13.1. The van der Waals surface area contributed by atoms with E-state index in [4.69, 9.17) is 0 Å². The van der Waals surface area contributed by atoms with Crippen LogP contribution in [-0.4, -0.2) is 27.5 Å². The van der Waals surface area contributed by atoms with Crippen LogP contribution in [0.1, 0.15) is 21.6 Å². The van der Waals surface area contributed by atoms with Gasteiger partial charge in [-0.2, -0.15) is 0 Å². The van der Waals surface area contributed by atoms with Crippen molar-refractivity contribution in [1.82, 2.24) is 15.1 Å². The lowest BCUT2D eigenvalue weighted by molar-refractivity contribution is 0.0732. The van der Waals surface area contributed by atoms with Crippen LogP contribution in [0.3, 0.4) is 0 Å². The highest BCUT2D eigenvalue weighted by Gasteiger charge is 2.24. The highest BCUT2D eigenvalue weighted by molar-refractivity contribution is 5.94. The van der Waals surface area contributed by atoms with Crippen LogP contribution >= 0.6 is 0 Å². The topological polar surface area (TPSA) is 69.0 Å².